The van der Waals surface area contributed by atoms with Gasteiger partial charge in [-0.3, -0.25) is 4.79 Å². The lowest BCUT2D eigenvalue weighted by Crippen LogP contribution is -2.55. The maximum atomic E-state index is 13.1. The third-order valence-electron chi connectivity index (χ3n) is 7.50. The van der Waals surface area contributed by atoms with Crippen molar-refractivity contribution in [1.29, 1.82) is 0 Å². The predicted octanol–water partition coefficient (Wildman–Crippen LogP) is 4.14. The van der Waals surface area contributed by atoms with Crippen LogP contribution < -0.4 is 5.32 Å². The largest absolute Gasteiger partial charge is 0.461 e. The molecule has 1 heterocycles. The van der Waals surface area contributed by atoms with E-state index in [-0.39, 0.29) is 17.4 Å². The first-order chi connectivity index (χ1) is 12.8. The van der Waals surface area contributed by atoms with E-state index in [9.17, 15) is 9.59 Å². The zero-order valence-electron chi connectivity index (χ0n) is 17.0. The molecule has 0 aromatic carbocycles. The summed E-state index contributed by atoms with van der Waals surface area (Å²) < 4.78 is 5.10. The van der Waals surface area contributed by atoms with Crippen LogP contribution in [0.3, 0.4) is 0 Å². The minimum Gasteiger partial charge on any atom is -0.461 e. The van der Waals surface area contributed by atoms with Gasteiger partial charge in [-0.2, -0.15) is 0 Å². The van der Waals surface area contributed by atoms with Crippen molar-refractivity contribution >= 4 is 11.9 Å². The van der Waals surface area contributed by atoms with Crippen molar-refractivity contribution in [2.24, 2.45) is 23.2 Å². The number of amides is 1. The lowest BCUT2D eigenvalue weighted by molar-refractivity contribution is -0.0688. The number of ether oxygens (including phenoxy) is 1. The summed E-state index contributed by atoms with van der Waals surface area (Å²) in [5.41, 5.74) is 2.66. The molecule has 0 saturated heterocycles. The van der Waals surface area contributed by atoms with Gasteiger partial charge in [-0.05, 0) is 95.0 Å². The molecule has 4 bridgehead atoms. The average molecular weight is 373 g/mol. The highest BCUT2D eigenvalue weighted by atomic mass is 16.5. The van der Waals surface area contributed by atoms with Crippen molar-refractivity contribution in [2.75, 3.05) is 6.61 Å². The van der Waals surface area contributed by atoms with Gasteiger partial charge >= 0.3 is 5.97 Å². The number of carbonyl (C=O) groups is 2. The van der Waals surface area contributed by atoms with Crippen LogP contribution in [0.2, 0.25) is 0 Å². The van der Waals surface area contributed by atoms with E-state index in [1.165, 1.54) is 38.5 Å². The van der Waals surface area contributed by atoms with E-state index >= 15 is 0 Å². The second kappa shape index (κ2) is 6.68. The Hall–Kier alpha value is -1.78. The molecule has 1 atom stereocenters. The van der Waals surface area contributed by atoms with Crippen LogP contribution in [0.15, 0.2) is 0 Å². The molecule has 27 heavy (non-hydrogen) atoms. The number of nitrogens with one attached hydrogen (secondary N) is 2. The Labute approximate surface area is 161 Å². The van der Waals surface area contributed by atoms with E-state index in [0.717, 1.165) is 23.4 Å². The van der Waals surface area contributed by atoms with Crippen molar-refractivity contribution in [2.45, 2.75) is 72.3 Å². The first-order valence-electron chi connectivity index (χ1n) is 10.5. The van der Waals surface area contributed by atoms with E-state index in [1.807, 2.05) is 13.8 Å². The van der Waals surface area contributed by atoms with Gasteiger partial charge in [0, 0.05) is 11.7 Å². The minimum atomic E-state index is -0.397. The van der Waals surface area contributed by atoms with E-state index in [0.29, 0.717) is 23.4 Å². The fourth-order valence-electron chi connectivity index (χ4n) is 6.63. The van der Waals surface area contributed by atoms with Crippen molar-refractivity contribution in [3.8, 4) is 0 Å². The van der Waals surface area contributed by atoms with Gasteiger partial charge in [-0.25, -0.2) is 4.79 Å². The van der Waals surface area contributed by atoms with Crippen molar-refractivity contribution in [3.05, 3.63) is 22.5 Å². The molecule has 2 N–H and O–H groups in total. The third-order valence-corrected chi connectivity index (χ3v) is 7.50. The number of rotatable bonds is 5. The maximum Gasteiger partial charge on any atom is 0.355 e. The van der Waals surface area contributed by atoms with Crippen LogP contribution in [0.5, 0.6) is 0 Å². The van der Waals surface area contributed by atoms with Crippen LogP contribution in [0.25, 0.3) is 0 Å². The molecule has 0 radical (unpaired) electrons. The number of aromatic amines is 1. The van der Waals surface area contributed by atoms with Crippen LogP contribution in [0.1, 0.15) is 84.5 Å². The van der Waals surface area contributed by atoms with E-state index < -0.39 is 5.97 Å². The van der Waals surface area contributed by atoms with Crippen LogP contribution in [-0.2, 0) is 4.74 Å². The van der Waals surface area contributed by atoms with Gasteiger partial charge in [0.05, 0.1) is 12.2 Å². The van der Waals surface area contributed by atoms with Gasteiger partial charge in [0.1, 0.15) is 5.69 Å². The molecule has 5 rings (SSSR count). The zero-order valence-corrected chi connectivity index (χ0v) is 17.0. The summed E-state index contributed by atoms with van der Waals surface area (Å²) in [7, 11) is 0. The molecule has 1 aromatic heterocycles. The van der Waals surface area contributed by atoms with Gasteiger partial charge in [0.15, 0.2) is 0 Å². The standard InChI is InChI=1S/C22H32N2O3/c1-5-27-21(26)19-12(2)18(13(3)23-19)20(25)24-14(4)22-9-15-6-16(10-22)8-17(7-15)11-22/h14-17,23H,5-11H2,1-4H3,(H,24,25)/t14-,15?,16?,17?,22?/m0/s1. The molecule has 4 saturated carbocycles. The molecule has 0 aliphatic heterocycles. The summed E-state index contributed by atoms with van der Waals surface area (Å²) in [6, 6.07) is 0.165. The first kappa shape index (κ1) is 18.6. The number of H-pyrrole nitrogens is 1. The summed E-state index contributed by atoms with van der Waals surface area (Å²) >= 11 is 0. The fourth-order valence-corrected chi connectivity index (χ4v) is 6.63. The van der Waals surface area contributed by atoms with E-state index in [4.69, 9.17) is 4.74 Å². The third kappa shape index (κ3) is 3.09. The Morgan fingerprint density at radius 1 is 1.15 bits per heavy atom. The summed E-state index contributed by atoms with van der Waals surface area (Å²) in [5, 5.41) is 3.31. The Morgan fingerprint density at radius 2 is 1.70 bits per heavy atom. The lowest BCUT2D eigenvalue weighted by atomic mass is 9.48. The van der Waals surface area contributed by atoms with Crippen molar-refractivity contribution < 1.29 is 14.3 Å². The molecule has 1 amide bonds. The van der Waals surface area contributed by atoms with E-state index in [2.05, 4.69) is 17.2 Å². The van der Waals surface area contributed by atoms with Crippen LogP contribution in [-0.4, -0.2) is 29.5 Å². The second-order valence-electron chi connectivity index (χ2n) is 9.32. The van der Waals surface area contributed by atoms with Gasteiger partial charge in [-0.1, -0.05) is 0 Å². The lowest BCUT2D eigenvalue weighted by Gasteiger charge is -2.59. The van der Waals surface area contributed by atoms with E-state index in [1.54, 1.807) is 6.92 Å². The predicted molar refractivity (Wildman–Crippen MR) is 104 cm³/mol. The van der Waals surface area contributed by atoms with Crippen LogP contribution in [0, 0.1) is 37.0 Å². The maximum absolute atomic E-state index is 13.1. The molecule has 5 heteroatoms. The molecular formula is C22H32N2O3. The Balaban J connectivity index is 1.52. The normalized spacial score (nSPS) is 32.4. The minimum absolute atomic E-state index is 0.0694. The molecule has 4 fully saturated rings. The highest BCUT2D eigenvalue weighted by molar-refractivity contribution is 6.01. The number of hydrogen-bond acceptors (Lipinski definition) is 3. The summed E-state index contributed by atoms with van der Waals surface area (Å²) in [5.74, 6) is 2.12. The molecular weight excluding hydrogens is 340 g/mol. The SMILES string of the molecule is CCOC(=O)c1[nH]c(C)c(C(=O)N[C@@H](C)C23CC4CC(CC(C4)C2)C3)c1C. The molecule has 1 aromatic rings. The van der Waals surface area contributed by atoms with Crippen LogP contribution >= 0.6 is 0 Å². The average Bonchev–Trinajstić information content (AvgIpc) is 2.88. The Kier molecular flexibility index (Phi) is 4.59. The Morgan fingerprint density at radius 3 is 2.22 bits per heavy atom. The molecule has 5 nitrogen and oxygen atoms in total. The number of aromatic nitrogens is 1. The van der Waals surface area contributed by atoms with Crippen LogP contribution in [0.4, 0.5) is 0 Å². The highest BCUT2D eigenvalue weighted by Crippen LogP contribution is 2.61. The highest BCUT2D eigenvalue weighted by Gasteiger charge is 2.53. The zero-order chi connectivity index (χ0) is 19.3. The molecule has 4 aliphatic carbocycles. The summed E-state index contributed by atoms with van der Waals surface area (Å²) in [6.45, 7) is 7.96. The fraction of sp³-hybridized carbons (Fsp3) is 0.727. The quantitative estimate of drug-likeness (QED) is 0.763. The van der Waals surface area contributed by atoms with Crippen molar-refractivity contribution in [1.82, 2.24) is 10.3 Å². The molecule has 148 valence electrons. The summed E-state index contributed by atoms with van der Waals surface area (Å²) in [6.07, 6.45) is 8.00. The summed E-state index contributed by atoms with van der Waals surface area (Å²) in [4.78, 5) is 28.3. The number of carbonyl (C=O) groups excluding carboxylic acids is 2. The Bertz CT molecular complexity index is 729. The number of hydrogen-bond donors (Lipinski definition) is 2. The van der Waals surface area contributed by atoms with Crippen molar-refractivity contribution in [3.63, 3.8) is 0 Å². The smallest absolute Gasteiger partial charge is 0.355 e. The molecule has 4 aliphatic rings. The van der Waals surface area contributed by atoms with Gasteiger partial charge in [-0.15, -0.1) is 0 Å². The van der Waals surface area contributed by atoms with Gasteiger partial charge in [0.25, 0.3) is 5.91 Å². The second-order valence-corrected chi connectivity index (χ2v) is 9.32. The number of aryl methyl sites for hydroxylation is 1. The molecule has 0 spiro atoms. The molecule has 0 unspecified atom stereocenters. The topological polar surface area (TPSA) is 71.2 Å². The van der Waals surface area contributed by atoms with Gasteiger partial charge in [0.2, 0.25) is 0 Å². The number of esters is 1. The monoisotopic (exact) mass is 372 g/mol. The first-order valence-corrected chi connectivity index (χ1v) is 10.5. The van der Waals surface area contributed by atoms with Gasteiger partial charge < -0.3 is 15.0 Å².